The molecule has 0 unspecified atom stereocenters. The second-order valence-electron chi connectivity index (χ2n) is 11.8. The Hall–Kier alpha value is -5.38. The summed E-state index contributed by atoms with van der Waals surface area (Å²) in [7, 11) is 0. The molecule has 0 atom stereocenters. The van der Waals surface area contributed by atoms with Crippen molar-refractivity contribution >= 4 is 29.0 Å². The zero-order valence-corrected chi connectivity index (χ0v) is 25.5. The van der Waals surface area contributed by atoms with Crippen LogP contribution in [-0.4, -0.2) is 38.6 Å². The number of hydrogen-bond donors (Lipinski definition) is 4. The lowest BCUT2D eigenvalue weighted by Crippen LogP contribution is -2.28. The Balaban J connectivity index is 0.000000180. The Morgan fingerprint density at radius 1 is 0.532 bits per heavy atom. The van der Waals surface area contributed by atoms with E-state index in [-0.39, 0.29) is 59.7 Å². The number of nitrogen functional groups attached to an aromatic ring is 1. The Labute approximate surface area is 270 Å². The van der Waals surface area contributed by atoms with Crippen molar-refractivity contribution in [2.45, 2.75) is 44.9 Å². The second-order valence-corrected chi connectivity index (χ2v) is 11.8. The molecule has 4 aromatic carbocycles. The number of hydrogen-bond acceptors (Lipinski definition) is 7. The average molecular weight is 644 g/mol. The van der Waals surface area contributed by atoms with E-state index < -0.39 is 16.8 Å². The number of phenolic OH excluding ortho intramolecular Hbond substituents is 2. The number of halogens is 2. The fraction of sp³-hybridized carbons (Fsp3) is 0.243. The molecule has 10 heteroatoms. The van der Waals surface area contributed by atoms with E-state index in [9.17, 15) is 33.1 Å². The topological polar surface area (TPSA) is 155 Å². The molecule has 244 valence electrons. The molecular formula is C37H35F2NO7. The molecule has 0 heterocycles. The van der Waals surface area contributed by atoms with Crippen molar-refractivity contribution in [1.82, 2.24) is 0 Å². The summed E-state index contributed by atoms with van der Waals surface area (Å²) < 4.78 is 25.5. The van der Waals surface area contributed by atoms with Gasteiger partial charge in [0.05, 0.1) is 5.41 Å². The van der Waals surface area contributed by atoms with Crippen molar-refractivity contribution in [3.8, 4) is 11.5 Å². The zero-order chi connectivity index (χ0) is 34.2. The van der Waals surface area contributed by atoms with Gasteiger partial charge in [-0.1, -0.05) is 36.4 Å². The lowest BCUT2D eigenvalue weighted by molar-refractivity contribution is -0.148. The van der Waals surface area contributed by atoms with Crippen LogP contribution in [0.4, 0.5) is 14.5 Å². The number of aromatic hydroxyl groups is 2. The monoisotopic (exact) mass is 643 g/mol. The van der Waals surface area contributed by atoms with Gasteiger partial charge in [0.1, 0.15) is 28.5 Å². The summed E-state index contributed by atoms with van der Waals surface area (Å²) in [6.07, 6.45) is 2.42. The Kier molecular flexibility index (Phi) is 10.9. The molecule has 2 fully saturated rings. The predicted octanol–water partition coefficient (Wildman–Crippen LogP) is 6.01. The second kappa shape index (κ2) is 14.8. The molecule has 0 bridgehead atoms. The van der Waals surface area contributed by atoms with Crippen molar-refractivity contribution in [2.75, 3.05) is 5.73 Å². The number of carboxylic acids is 1. The molecule has 47 heavy (non-hydrogen) atoms. The van der Waals surface area contributed by atoms with E-state index in [1.165, 1.54) is 48.5 Å². The largest absolute Gasteiger partial charge is 0.508 e. The molecule has 2 saturated carbocycles. The third-order valence-corrected chi connectivity index (χ3v) is 8.26. The average Bonchev–Trinajstić information content (AvgIpc) is 3.97. The van der Waals surface area contributed by atoms with Crippen LogP contribution in [-0.2, 0) is 38.4 Å². The van der Waals surface area contributed by atoms with Gasteiger partial charge in [-0.05, 0) is 103 Å². The number of carbonyl (C=O) groups is 4. The van der Waals surface area contributed by atoms with Gasteiger partial charge >= 0.3 is 5.97 Å². The number of Topliss-reactive ketones (excluding diaryl/α,β-unsaturated/α-hetero) is 3. The van der Waals surface area contributed by atoms with E-state index in [1.54, 1.807) is 48.5 Å². The smallest absolute Gasteiger partial charge is 0.317 e. The lowest BCUT2D eigenvalue weighted by Gasteiger charge is -2.13. The minimum Gasteiger partial charge on any atom is -0.508 e. The normalized spacial score (nSPS) is 14.7. The Morgan fingerprint density at radius 3 is 1.13 bits per heavy atom. The number of aliphatic carboxylic acids is 1. The number of benzene rings is 4. The first-order valence-corrected chi connectivity index (χ1v) is 15.0. The fourth-order valence-corrected chi connectivity index (χ4v) is 4.93. The lowest BCUT2D eigenvalue weighted by atomic mass is 9.88. The predicted molar refractivity (Wildman–Crippen MR) is 171 cm³/mol. The standard InChI is InChI=1S/C19H17FO3.C12H11FO3.C6H7NO/c20-15-5-1-13(2-6-15)11-17(22)19(9-10-19)18(23)12-14-3-7-16(21)8-4-14;13-9-3-1-8(2-4-9)7-10(14)12(5-6-12)11(15)16;7-5-1-3-6(8)4-2-5/h1-8,21H,9-12H2;1-4H,5-7H2,(H,15,16);1-4,8H,7H2. The molecule has 0 aliphatic heterocycles. The number of phenols is 2. The van der Waals surface area contributed by atoms with Crippen molar-refractivity contribution in [3.05, 3.63) is 125 Å². The van der Waals surface area contributed by atoms with Crippen LogP contribution in [0.25, 0.3) is 0 Å². The maximum absolute atomic E-state index is 12.9. The van der Waals surface area contributed by atoms with Gasteiger partial charge in [-0.25, -0.2) is 8.78 Å². The van der Waals surface area contributed by atoms with Gasteiger partial charge in [-0.15, -0.1) is 0 Å². The molecule has 0 aromatic heterocycles. The van der Waals surface area contributed by atoms with Crippen LogP contribution < -0.4 is 5.73 Å². The highest BCUT2D eigenvalue weighted by molar-refractivity contribution is 6.11. The van der Waals surface area contributed by atoms with Crippen LogP contribution in [0.5, 0.6) is 11.5 Å². The number of carbonyl (C=O) groups excluding carboxylic acids is 3. The van der Waals surface area contributed by atoms with E-state index in [2.05, 4.69) is 0 Å². The van der Waals surface area contributed by atoms with Gasteiger partial charge in [0, 0.05) is 24.9 Å². The first kappa shape index (κ1) is 34.5. The van der Waals surface area contributed by atoms with Gasteiger partial charge in [-0.3, -0.25) is 19.2 Å². The summed E-state index contributed by atoms with van der Waals surface area (Å²) in [4.78, 5) is 47.7. The van der Waals surface area contributed by atoms with E-state index in [4.69, 9.17) is 15.9 Å². The van der Waals surface area contributed by atoms with Crippen LogP contribution >= 0.6 is 0 Å². The summed E-state index contributed by atoms with van der Waals surface area (Å²) in [6.45, 7) is 0. The maximum atomic E-state index is 12.9. The number of nitrogens with two attached hydrogens (primary N) is 1. The molecule has 2 aliphatic carbocycles. The molecule has 0 amide bonds. The van der Waals surface area contributed by atoms with Crippen LogP contribution in [0.15, 0.2) is 97.1 Å². The van der Waals surface area contributed by atoms with Crippen LogP contribution in [0, 0.1) is 22.5 Å². The summed E-state index contributed by atoms with van der Waals surface area (Å²) in [6, 6.07) is 24.2. The number of ketones is 3. The van der Waals surface area contributed by atoms with Crippen molar-refractivity contribution in [2.24, 2.45) is 10.8 Å². The van der Waals surface area contributed by atoms with E-state index >= 15 is 0 Å². The first-order chi connectivity index (χ1) is 22.3. The highest BCUT2D eigenvalue weighted by atomic mass is 19.1. The van der Waals surface area contributed by atoms with E-state index in [1.807, 2.05) is 0 Å². The molecule has 6 rings (SSSR count). The third-order valence-electron chi connectivity index (χ3n) is 8.26. The Morgan fingerprint density at radius 2 is 0.830 bits per heavy atom. The highest BCUT2D eigenvalue weighted by Crippen LogP contribution is 2.49. The summed E-state index contributed by atoms with van der Waals surface area (Å²) in [5.41, 5.74) is 6.12. The van der Waals surface area contributed by atoms with Gasteiger partial charge in [0.15, 0.2) is 17.3 Å². The van der Waals surface area contributed by atoms with Gasteiger partial charge in [-0.2, -0.15) is 0 Å². The van der Waals surface area contributed by atoms with Crippen LogP contribution in [0.1, 0.15) is 42.4 Å². The molecule has 0 radical (unpaired) electrons. The van der Waals surface area contributed by atoms with E-state index in [0.29, 0.717) is 36.9 Å². The van der Waals surface area contributed by atoms with Crippen LogP contribution in [0.3, 0.4) is 0 Å². The maximum Gasteiger partial charge on any atom is 0.317 e. The molecule has 4 aromatic rings. The molecule has 0 saturated heterocycles. The quantitative estimate of drug-likeness (QED) is 0.0931. The number of rotatable bonds is 10. The number of anilines is 1. The molecular weight excluding hydrogens is 608 g/mol. The zero-order valence-electron chi connectivity index (χ0n) is 25.5. The number of carboxylic acid groups (broad SMARTS) is 1. The minimum atomic E-state index is -1.16. The first-order valence-electron chi connectivity index (χ1n) is 15.0. The third kappa shape index (κ3) is 9.32. The van der Waals surface area contributed by atoms with Crippen molar-refractivity contribution < 1.29 is 43.3 Å². The molecule has 8 nitrogen and oxygen atoms in total. The van der Waals surface area contributed by atoms with Gasteiger partial charge < -0.3 is 21.1 Å². The molecule has 2 aliphatic rings. The SMILES string of the molecule is Nc1ccc(O)cc1.O=C(Cc1ccc(O)cc1)C1(C(=O)Cc2ccc(F)cc2)CC1.O=C(O)C1(C(=O)Cc2ccc(F)cc2)CC1. The van der Waals surface area contributed by atoms with Crippen molar-refractivity contribution in [1.29, 1.82) is 0 Å². The molecule has 0 spiro atoms. The highest BCUT2D eigenvalue weighted by Gasteiger charge is 2.56. The van der Waals surface area contributed by atoms with E-state index in [0.717, 1.165) is 11.1 Å². The fourth-order valence-electron chi connectivity index (χ4n) is 4.93. The van der Waals surface area contributed by atoms with Gasteiger partial charge in [0.25, 0.3) is 0 Å². The molecule has 5 N–H and O–H groups in total. The minimum absolute atomic E-state index is 0.0621. The summed E-state index contributed by atoms with van der Waals surface area (Å²) >= 11 is 0. The summed E-state index contributed by atoms with van der Waals surface area (Å²) in [5.74, 6) is -1.80. The van der Waals surface area contributed by atoms with Crippen LogP contribution in [0.2, 0.25) is 0 Å². The Bertz CT molecular complexity index is 1630. The van der Waals surface area contributed by atoms with Crippen molar-refractivity contribution in [3.63, 3.8) is 0 Å². The summed E-state index contributed by atoms with van der Waals surface area (Å²) in [5, 5.41) is 26.9. The van der Waals surface area contributed by atoms with Gasteiger partial charge in [0.2, 0.25) is 0 Å².